The van der Waals surface area contributed by atoms with Crippen molar-refractivity contribution in [3.05, 3.63) is 17.5 Å². The zero-order valence-corrected chi connectivity index (χ0v) is 11.7. The van der Waals surface area contributed by atoms with Crippen molar-refractivity contribution in [2.45, 2.75) is 46.2 Å². The Balaban J connectivity index is 1.95. The highest BCUT2D eigenvalue weighted by atomic mass is 15.3. The predicted molar refractivity (Wildman–Crippen MR) is 74.3 cm³/mol. The average Bonchev–Trinajstić information content (AvgIpc) is 2.70. The summed E-state index contributed by atoms with van der Waals surface area (Å²) in [4.78, 5) is 2.56. The molecule has 1 unspecified atom stereocenters. The van der Waals surface area contributed by atoms with Gasteiger partial charge >= 0.3 is 0 Å². The number of hydrogen-bond donors (Lipinski definition) is 1. The van der Waals surface area contributed by atoms with Gasteiger partial charge in [0.2, 0.25) is 0 Å². The van der Waals surface area contributed by atoms with Crippen LogP contribution in [0.2, 0.25) is 0 Å². The molecule has 1 aromatic heterocycles. The number of aryl methyl sites for hydroxylation is 2. The van der Waals surface area contributed by atoms with Gasteiger partial charge in [-0.05, 0) is 58.2 Å². The van der Waals surface area contributed by atoms with Crippen LogP contribution in [0.15, 0.2) is 6.07 Å². The van der Waals surface area contributed by atoms with E-state index in [-0.39, 0.29) is 0 Å². The van der Waals surface area contributed by atoms with E-state index in [1.165, 1.54) is 38.0 Å². The summed E-state index contributed by atoms with van der Waals surface area (Å²) < 4.78 is 2.13. The highest BCUT2D eigenvalue weighted by molar-refractivity contribution is 5.09. The van der Waals surface area contributed by atoms with Gasteiger partial charge in [-0.1, -0.05) is 0 Å². The van der Waals surface area contributed by atoms with Crippen molar-refractivity contribution in [3.63, 3.8) is 0 Å². The monoisotopic (exact) mass is 250 g/mol. The highest BCUT2D eigenvalue weighted by Crippen LogP contribution is 2.20. The molecule has 102 valence electrons. The van der Waals surface area contributed by atoms with Crippen molar-refractivity contribution < 1.29 is 0 Å². The number of aromatic nitrogens is 2. The summed E-state index contributed by atoms with van der Waals surface area (Å²) >= 11 is 0. The van der Waals surface area contributed by atoms with Crippen molar-refractivity contribution in [2.24, 2.45) is 11.7 Å². The molecule has 0 amide bonds. The molecule has 0 aromatic carbocycles. The molecule has 4 heteroatoms. The molecule has 1 aliphatic rings. The molecule has 1 fully saturated rings. The topological polar surface area (TPSA) is 47.1 Å². The van der Waals surface area contributed by atoms with E-state index >= 15 is 0 Å². The van der Waals surface area contributed by atoms with Crippen LogP contribution in [0.3, 0.4) is 0 Å². The fourth-order valence-electron chi connectivity index (χ4n) is 3.00. The SMILES string of the molecule is CCn1nc(C)cc1CN1CCCC(CCN)C1. The Kier molecular flexibility index (Phi) is 4.78. The second-order valence-corrected chi connectivity index (χ2v) is 5.41. The second-order valence-electron chi connectivity index (χ2n) is 5.41. The van der Waals surface area contributed by atoms with Crippen molar-refractivity contribution in [1.82, 2.24) is 14.7 Å². The van der Waals surface area contributed by atoms with Gasteiger partial charge in [-0.2, -0.15) is 5.10 Å². The lowest BCUT2D eigenvalue weighted by Gasteiger charge is -2.32. The third-order valence-corrected chi connectivity index (χ3v) is 3.85. The van der Waals surface area contributed by atoms with Gasteiger partial charge in [-0.3, -0.25) is 9.58 Å². The Morgan fingerprint density at radius 1 is 1.50 bits per heavy atom. The van der Waals surface area contributed by atoms with Crippen molar-refractivity contribution in [1.29, 1.82) is 0 Å². The molecule has 0 radical (unpaired) electrons. The molecule has 0 saturated carbocycles. The Labute approximate surface area is 110 Å². The summed E-state index contributed by atoms with van der Waals surface area (Å²) in [6.07, 6.45) is 3.83. The maximum atomic E-state index is 5.67. The van der Waals surface area contributed by atoms with E-state index in [9.17, 15) is 0 Å². The normalized spacial score (nSPS) is 21.4. The summed E-state index contributed by atoms with van der Waals surface area (Å²) in [5.41, 5.74) is 8.15. The second kappa shape index (κ2) is 6.34. The lowest BCUT2D eigenvalue weighted by molar-refractivity contribution is 0.159. The van der Waals surface area contributed by atoms with Gasteiger partial charge in [0.1, 0.15) is 0 Å². The molecule has 1 aliphatic heterocycles. The van der Waals surface area contributed by atoms with Crippen LogP contribution >= 0.6 is 0 Å². The molecule has 1 aromatic rings. The van der Waals surface area contributed by atoms with Crippen molar-refractivity contribution in [2.75, 3.05) is 19.6 Å². The molecule has 1 saturated heterocycles. The number of piperidine rings is 1. The van der Waals surface area contributed by atoms with Crippen LogP contribution < -0.4 is 5.73 Å². The lowest BCUT2D eigenvalue weighted by atomic mass is 9.95. The van der Waals surface area contributed by atoms with Gasteiger partial charge in [0.05, 0.1) is 11.4 Å². The van der Waals surface area contributed by atoms with Gasteiger partial charge in [-0.25, -0.2) is 0 Å². The maximum absolute atomic E-state index is 5.67. The minimum Gasteiger partial charge on any atom is -0.330 e. The van der Waals surface area contributed by atoms with E-state index in [0.29, 0.717) is 0 Å². The minimum absolute atomic E-state index is 0.794. The van der Waals surface area contributed by atoms with Crippen LogP contribution in [0.25, 0.3) is 0 Å². The zero-order valence-electron chi connectivity index (χ0n) is 11.7. The molecule has 0 aliphatic carbocycles. The van der Waals surface area contributed by atoms with E-state index < -0.39 is 0 Å². The van der Waals surface area contributed by atoms with E-state index in [1.807, 2.05) is 0 Å². The Morgan fingerprint density at radius 2 is 2.33 bits per heavy atom. The molecular formula is C14H26N4. The average molecular weight is 250 g/mol. The maximum Gasteiger partial charge on any atom is 0.0597 e. The Morgan fingerprint density at radius 3 is 3.06 bits per heavy atom. The third-order valence-electron chi connectivity index (χ3n) is 3.85. The predicted octanol–water partition coefficient (Wildman–Crippen LogP) is 1.77. The highest BCUT2D eigenvalue weighted by Gasteiger charge is 2.20. The van der Waals surface area contributed by atoms with Crippen molar-refractivity contribution >= 4 is 0 Å². The summed E-state index contributed by atoms with van der Waals surface area (Å²) in [6, 6.07) is 2.22. The van der Waals surface area contributed by atoms with Crippen molar-refractivity contribution in [3.8, 4) is 0 Å². The standard InChI is InChI=1S/C14H26N4/c1-3-18-14(9-12(2)16-18)11-17-8-4-5-13(10-17)6-7-15/h9,13H,3-8,10-11,15H2,1-2H3. The summed E-state index contributed by atoms with van der Waals surface area (Å²) in [6.45, 7) is 9.47. The van der Waals surface area contributed by atoms with Crippen LogP contribution in [0.4, 0.5) is 0 Å². The molecule has 2 N–H and O–H groups in total. The number of hydrogen-bond acceptors (Lipinski definition) is 3. The molecule has 1 atom stereocenters. The smallest absolute Gasteiger partial charge is 0.0597 e. The largest absolute Gasteiger partial charge is 0.330 e. The van der Waals surface area contributed by atoms with E-state index in [0.717, 1.165) is 31.2 Å². The Bertz CT molecular complexity index is 370. The van der Waals surface area contributed by atoms with Crippen LogP contribution in [0.1, 0.15) is 37.6 Å². The van der Waals surface area contributed by atoms with Crippen LogP contribution in [-0.4, -0.2) is 34.3 Å². The fourth-order valence-corrected chi connectivity index (χ4v) is 3.00. The summed E-state index contributed by atoms with van der Waals surface area (Å²) in [5.74, 6) is 0.794. The van der Waals surface area contributed by atoms with Gasteiger partial charge in [0.25, 0.3) is 0 Å². The zero-order chi connectivity index (χ0) is 13.0. The fraction of sp³-hybridized carbons (Fsp3) is 0.786. The van der Waals surface area contributed by atoms with Gasteiger partial charge in [0.15, 0.2) is 0 Å². The molecule has 2 heterocycles. The molecule has 18 heavy (non-hydrogen) atoms. The number of rotatable bonds is 5. The third kappa shape index (κ3) is 3.33. The first-order chi connectivity index (χ1) is 8.72. The first-order valence-electron chi connectivity index (χ1n) is 7.18. The summed E-state index contributed by atoms with van der Waals surface area (Å²) in [7, 11) is 0. The number of nitrogens with zero attached hydrogens (tertiary/aromatic N) is 3. The molecule has 4 nitrogen and oxygen atoms in total. The quantitative estimate of drug-likeness (QED) is 0.866. The first-order valence-corrected chi connectivity index (χ1v) is 7.18. The molecular weight excluding hydrogens is 224 g/mol. The van der Waals surface area contributed by atoms with Crippen LogP contribution in [0.5, 0.6) is 0 Å². The molecule has 0 spiro atoms. The van der Waals surface area contributed by atoms with Crippen LogP contribution in [-0.2, 0) is 13.1 Å². The molecule has 0 bridgehead atoms. The summed E-state index contributed by atoms with van der Waals surface area (Å²) in [5, 5.41) is 4.52. The van der Waals surface area contributed by atoms with E-state index in [2.05, 4.69) is 34.6 Å². The number of nitrogens with two attached hydrogens (primary N) is 1. The first kappa shape index (κ1) is 13.6. The number of likely N-dealkylation sites (tertiary alicyclic amines) is 1. The van der Waals surface area contributed by atoms with E-state index in [4.69, 9.17) is 5.73 Å². The molecule has 2 rings (SSSR count). The van der Waals surface area contributed by atoms with Gasteiger partial charge in [-0.15, -0.1) is 0 Å². The Hall–Kier alpha value is -0.870. The minimum atomic E-state index is 0.794. The van der Waals surface area contributed by atoms with Gasteiger partial charge in [0, 0.05) is 19.6 Å². The van der Waals surface area contributed by atoms with Gasteiger partial charge < -0.3 is 5.73 Å². The van der Waals surface area contributed by atoms with E-state index in [1.54, 1.807) is 0 Å². The lowest BCUT2D eigenvalue weighted by Crippen LogP contribution is -2.36. The van der Waals surface area contributed by atoms with Crippen LogP contribution in [0, 0.1) is 12.8 Å².